The minimum Gasteiger partial charge on any atom is -0.435 e. The second-order valence-electron chi connectivity index (χ2n) is 1.77. The molecule has 0 saturated heterocycles. The van der Waals surface area contributed by atoms with Crippen LogP contribution in [0.5, 0.6) is 0 Å². The summed E-state index contributed by atoms with van der Waals surface area (Å²) in [5.41, 5.74) is 0. The van der Waals surface area contributed by atoms with Crippen molar-refractivity contribution in [2.45, 2.75) is 6.92 Å². The Labute approximate surface area is 66.0 Å². The molecule has 0 radical (unpaired) electrons. The van der Waals surface area contributed by atoms with Gasteiger partial charge in [0.15, 0.2) is 0 Å². The van der Waals surface area contributed by atoms with Crippen molar-refractivity contribution in [1.29, 1.82) is 0 Å². The van der Waals surface area contributed by atoms with Crippen molar-refractivity contribution in [3.05, 3.63) is 12.8 Å². The number of rotatable bonds is 1. The Balaban J connectivity index is 0.000000183. The molecule has 0 amide bonds. The molecule has 0 fully saturated rings. The molecule has 1 rings (SSSR count). The number of aliphatic imine (C=N–C) groups is 1. The zero-order valence-electron chi connectivity index (χ0n) is 6.54. The SMILES string of the molecule is C1=NCCN1.C=COC(C)=O. The standard InChI is InChI=1S/C4H6O2.C3H6N2/c1-3-6-4(2)5;1-2-5-3-4-1/h3H,1H2,2H3;3H,1-2H2,(H,4,5). The third-order valence-corrected chi connectivity index (χ3v) is 0.817. The Morgan fingerprint density at radius 1 is 1.91 bits per heavy atom. The first-order valence-corrected chi connectivity index (χ1v) is 3.27. The van der Waals surface area contributed by atoms with Gasteiger partial charge >= 0.3 is 5.97 Å². The molecule has 62 valence electrons. The first-order chi connectivity index (χ1) is 5.27. The van der Waals surface area contributed by atoms with Gasteiger partial charge in [0.25, 0.3) is 0 Å². The topological polar surface area (TPSA) is 50.7 Å². The fourth-order valence-electron chi connectivity index (χ4n) is 0.440. The molecule has 1 heterocycles. The van der Waals surface area contributed by atoms with Gasteiger partial charge in [-0.25, -0.2) is 0 Å². The molecule has 1 N–H and O–H groups in total. The normalized spacial score (nSPS) is 12.5. The fourth-order valence-corrected chi connectivity index (χ4v) is 0.440. The lowest BCUT2D eigenvalue weighted by Crippen LogP contribution is -2.04. The number of nitrogens with one attached hydrogen (secondary N) is 1. The lowest BCUT2D eigenvalue weighted by atomic mass is 10.7. The highest BCUT2D eigenvalue weighted by molar-refractivity contribution is 5.66. The lowest BCUT2D eigenvalue weighted by Gasteiger charge is -1.83. The van der Waals surface area contributed by atoms with E-state index >= 15 is 0 Å². The maximum atomic E-state index is 9.75. The predicted octanol–water partition coefficient (Wildman–Crippen LogP) is 0.311. The maximum Gasteiger partial charge on any atom is 0.307 e. The summed E-state index contributed by atoms with van der Waals surface area (Å²) in [6.07, 6.45) is 2.84. The number of hydrogen-bond donors (Lipinski definition) is 1. The number of carbonyl (C=O) groups is 1. The second kappa shape index (κ2) is 6.80. The van der Waals surface area contributed by atoms with Gasteiger partial charge in [-0.1, -0.05) is 6.58 Å². The number of ether oxygens (including phenoxy) is 1. The third kappa shape index (κ3) is 8.68. The lowest BCUT2D eigenvalue weighted by molar-refractivity contribution is -0.135. The van der Waals surface area contributed by atoms with E-state index in [0.29, 0.717) is 0 Å². The molecule has 0 saturated carbocycles. The number of nitrogens with zero attached hydrogens (tertiary/aromatic N) is 1. The van der Waals surface area contributed by atoms with Gasteiger partial charge < -0.3 is 10.1 Å². The first kappa shape index (κ1) is 9.68. The van der Waals surface area contributed by atoms with E-state index in [1.165, 1.54) is 6.92 Å². The molecule has 0 unspecified atom stereocenters. The van der Waals surface area contributed by atoms with Gasteiger partial charge in [0, 0.05) is 13.5 Å². The van der Waals surface area contributed by atoms with E-state index in [1.54, 1.807) is 6.34 Å². The Hall–Kier alpha value is -1.32. The van der Waals surface area contributed by atoms with Gasteiger partial charge in [0.2, 0.25) is 0 Å². The van der Waals surface area contributed by atoms with Crippen LogP contribution in [0.1, 0.15) is 6.92 Å². The summed E-state index contributed by atoms with van der Waals surface area (Å²) in [6, 6.07) is 0. The molecule has 0 atom stereocenters. The summed E-state index contributed by atoms with van der Waals surface area (Å²) >= 11 is 0. The molecule has 11 heavy (non-hydrogen) atoms. The molecule has 1 aliphatic heterocycles. The average molecular weight is 156 g/mol. The Morgan fingerprint density at radius 3 is 2.73 bits per heavy atom. The maximum absolute atomic E-state index is 9.75. The van der Waals surface area contributed by atoms with Gasteiger partial charge in [0.1, 0.15) is 0 Å². The van der Waals surface area contributed by atoms with Crippen LogP contribution in [0.4, 0.5) is 0 Å². The van der Waals surface area contributed by atoms with Gasteiger partial charge in [-0.3, -0.25) is 9.79 Å². The third-order valence-electron chi connectivity index (χ3n) is 0.817. The predicted molar refractivity (Wildman–Crippen MR) is 43.3 cm³/mol. The highest BCUT2D eigenvalue weighted by atomic mass is 16.5. The molecular weight excluding hydrogens is 144 g/mol. The van der Waals surface area contributed by atoms with Crippen LogP contribution in [-0.4, -0.2) is 25.4 Å². The highest BCUT2D eigenvalue weighted by Gasteiger charge is 1.82. The summed E-state index contributed by atoms with van der Waals surface area (Å²) in [6.45, 7) is 6.46. The minimum atomic E-state index is -0.329. The zero-order valence-corrected chi connectivity index (χ0v) is 6.54. The summed E-state index contributed by atoms with van der Waals surface area (Å²) in [5.74, 6) is -0.329. The van der Waals surface area contributed by atoms with E-state index in [2.05, 4.69) is 21.6 Å². The van der Waals surface area contributed by atoms with E-state index in [9.17, 15) is 4.79 Å². The quantitative estimate of drug-likeness (QED) is 0.439. The van der Waals surface area contributed by atoms with Crippen LogP contribution < -0.4 is 5.32 Å². The van der Waals surface area contributed by atoms with E-state index in [4.69, 9.17) is 0 Å². The van der Waals surface area contributed by atoms with Crippen molar-refractivity contribution in [1.82, 2.24) is 5.32 Å². The molecule has 0 aromatic carbocycles. The van der Waals surface area contributed by atoms with E-state index < -0.39 is 0 Å². The van der Waals surface area contributed by atoms with Gasteiger partial charge in [-0.15, -0.1) is 0 Å². The Kier molecular flexibility index (Phi) is 5.98. The number of hydrogen-bond acceptors (Lipinski definition) is 4. The monoisotopic (exact) mass is 156 g/mol. The molecule has 1 aliphatic rings. The molecule has 4 nitrogen and oxygen atoms in total. The summed E-state index contributed by atoms with van der Waals surface area (Å²) < 4.78 is 4.17. The Morgan fingerprint density at radius 2 is 2.64 bits per heavy atom. The first-order valence-electron chi connectivity index (χ1n) is 3.27. The van der Waals surface area contributed by atoms with Crippen molar-refractivity contribution in [3.8, 4) is 0 Å². The van der Waals surface area contributed by atoms with E-state index in [1.807, 2.05) is 0 Å². The van der Waals surface area contributed by atoms with Gasteiger partial charge in [-0.2, -0.15) is 0 Å². The molecule has 0 spiro atoms. The van der Waals surface area contributed by atoms with E-state index in [-0.39, 0.29) is 5.97 Å². The fraction of sp³-hybridized carbons (Fsp3) is 0.429. The number of carbonyl (C=O) groups excluding carboxylic acids is 1. The van der Waals surface area contributed by atoms with Gasteiger partial charge in [0.05, 0.1) is 19.1 Å². The van der Waals surface area contributed by atoms with Crippen LogP contribution in [0.2, 0.25) is 0 Å². The molecular formula is C7H12N2O2. The molecule has 0 aliphatic carbocycles. The largest absolute Gasteiger partial charge is 0.435 e. The van der Waals surface area contributed by atoms with Crippen molar-refractivity contribution in [2.75, 3.05) is 13.1 Å². The highest BCUT2D eigenvalue weighted by Crippen LogP contribution is 1.70. The minimum absolute atomic E-state index is 0.329. The van der Waals surface area contributed by atoms with Crippen LogP contribution in [0, 0.1) is 0 Å². The van der Waals surface area contributed by atoms with Crippen LogP contribution in [0.3, 0.4) is 0 Å². The van der Waals surface area contributed by atoms with Crippen molar-refractivity contribution < 1.29 is 9.53 Å². The van der Waals surface area contributed by atoms with Gasteiger partial charge in [-0.05, 0) is 0 Å². The van der Waals surface area contributed by atoms with E-state index in [0.717, 1.165) is 19.4 Å². The average Bonchev–Trinajstić information content (AvgIpc) is 2.41. The van der Waals surface area contributed by atoms with Crippen molar-refractivity contribution >= 4 is 12.3 Å². The molecule has 0 aromatic rings. The summed E-state index contributed by atoms with van der Waals surface area (Å²) in [7, 11) is 0. The molecule has 0 aromatic heterocycles. The van der Waals surface area contributed by atoms with Crippen molar-refractivity contribution in [2.24, 2.45) is 4.99 Å². The van der Waals surface area contributed by atoms with Crippen LogP contribution in [-0.2, 0) is 9.53 Å². The van der Waals surface area contributed by atoms with Crippen LogP contribution in [0.15, 0.2) is 17.8 Å². The Bertz CT molecular complexity index is 149. The van der Waals surface area contributed by atoms with Crippen molar-refractivity contribution in [3.63, 3.8) is 0 Å². The van der Waals surface area contributed by atoms with Crippen LogP contribution in [0.25, 0.3) is 0 Å². The zero-order chi connectivity index (χ0) is 8.53. The molecule has 4 heteroatoms. The van der Waals surface area contributed by atoms with Crippen LogP contribution >= 0.6 is 0 Å². The molecule has 0 bridgehead atoms. The summed E-state index contributed by atoms with van der Waals surface area (Å²) in [5, 5.41) is 2.93. The smallest absolute Gasteiger partial charge is 0.307 e. The second-order valence-corrected chi connectivity index (χ2v) is 1.77. The number of esters is 1. The summed E-state index contributed by atoms with van der Waals surface area (Å²) in [4.78, 5) is 13.6.